The van der Waals surface area contributed by atoms with Crippen molar-refractivity contribution in [3.05, 3.63) is 29.3 Å². The van der Waals surface area contributed by atoms with Crippen LogP contribution in [0.4, 0.5) is 0 Å². The van der Waals surface area contributed by atoms with Crippen LogP contribution in [0.5, 0.6) is 5.75 Å². The summed E-state index contributed by atoms with van der Waals surface area (Å²) in [5.74, 6) is 0.226. The number of esters is 1. The maximum absolute atomic E-state index is 12.4. The Bertz CT molecular complexity index is 506. The predicted octanol–water partition coefficient (Wildman–Crippen LogP) is 3.41. The van der Waals surface area contributed by atoms with Gasteiger partial charge < -0.3 is 9.47 Å². The Labute approximate surface area is 126 Å². The highest BCUT2D eigenvalue weighted by Gasteiger charge is 2.24. The molecule has 0 saturated heterocycles. The number of aryl methyl sites for hydroxylation is 1. The topological polar surface area (TPSA) is 52.6 Å². The molecule has 0 N–H and O–H groups in total. The van der Waals surface area contributed by atoms with Crippen LogP contribution in [-0.4, -0.2) is 26.0 Å². The van der Waals surface area contributed by atoms with E-state index in [1.165, 1.54) is 7.11 Å². The Balaban J connectivity index is 2.88. The van der Waals surface area contributed by atoms with Crippen molar-refractivity contribution in [2.75, 3.05) is 14.2 Å². The normalized spacial score (nSPS) is 12.1. The highest BCUT2D eigenvalue weighted by molar-refractivity contribution is 5.98. The Morgan fingerprint density at radius 1 is 1.19 bits per heavy atom. The smallest absolute Gasteiger partial charge is 0.309 e. The lowest BCUT2D eigenvalue weighted by Gasteiger charge is -2.16. The van der Waals surface area contributed by atoms with Crippen molar-refractivity contribution in [1.82, 2.24) is 0 Å². The molecule has 1 rings (SSSR count). The number of hydrogen-bond donors (Lipinski definition) is 0. The fourth-order valence-corrected chi connectivity index (χ4v) is 2.33. The Kier molecular flexibility index (Phi) is 6.40. The Hall–Kier alpha value is -1.84. The summed E-state index contributed by atoms with van der Waals surface area (Å²) in [5, 5.41) is 0. The number of carbonyl (C=O) groups excluding carboxylic acids is 2. The van der Waals surface area contributed by atoms with E-state index in [0.717, 1.165) is 5.56 Å². The molecule has 1 atom stereocenters. The molecule has 0 aliphatic heterocycles. The fraction of sp³-hybridized carbons (Fsp3) is 0.529. The van der Waals surface area contributed by atoms with Gasteiger partial charge in [0, 0.05) is 12.0 Å². The molecule has 0 radical (unpaired) electrons. The van der Waals surface area contributed by atoms with Crippen molar-refractivity contribution >= 4 is 11.8 Å². The molecule has 116 valence electrons. The van der Waals surface area contributed by atoms with E-state index >= 15 is 0 Å². The standard InChI is InChI=1S/C17H24O4/c1-11(2)8-14(17(19)21-5)9-15(18)13-7-6-12(3)16(10-13)20-4/h6-7,10-11,14H,8-9H2,1-5H3. The summed E-state index contributed by atoms with van der Waals surface area (Å²) in [5.41, 5.74) is 1.54. The van der Waals surface area contributed by atoms with E-state index in [9.17, 15) is 9.59 Å². The van der Waals surface area contributed by atoms with Gasteiger partial charge in [0.15, 0.2) is 5.78 Å². The zero-order valence-corrected chi connectivity index (χ0v) is 13.4. The molecule has 0 fully saturated rings. The van der Waals surface area contributed by atoms with Gasteiger partial charge in [0.2, 0.25) is 0 Å². The number of methoxy groups -OCH3 is 2. The van der Waals surface area contributed by atoms with E-state index in [0.29, 0.717) is 23.7 Å². The Morgan fingerprint density at radius 3 is 2.38 bits per heavy atom. The Morgan fingerprint density at radius 2 is 1.86 bits per heavy atom. The zero-order chi connectivity index (χ0) is 16.0. The molecule has 1 aromatic carbocycles. The molecule has 0 bridgehead atoms. The van der Waals surface area contributed by atoms with Gasteiger partial charge in [-0.05, 0) is 30.9 Å². The van der Waals surface area contributed by atoms with E-state index < -0.39 is 5.92 Å². The molecule has 0 spiro atoms. The van der Waals surface area contributed by atoms with Crippen molar-refractivity contribution < 1.29 is 19.1 Å². The molecule has 0 aliphatic rings. The first-order valence-corrected chi connectivity index (χ1v) is 7.14. The first kappa shape index (κ1) is 17.2. The second-order valence-electron chi connectivity index (χ2n) is 5.66. The summed E-state index contributed by atoms with van der Waals surface area (Å²) in [7, 11) is 2.93. The van der Waals surface area contributed by atoms with Crippen LogP contribution in [0.25, 0.3) is 0 Å². The first-order chi connectivity index (χ1) is 9.88. The van der Waals surface area contributed by atoms with Gasteiger partial charge in [-0.1, -0.05) is 26.0 Å². The lowest BCUT2D eigenvalue weighted by Crippen LogP contribution is -2.21. The largest absolute Gasteiger partial charge is 0.496 e. The number of hydrogen-bond acceptors (Lipinski definition) is 4. The molecule has 0 heterocycles. The van der Waals surface area contributed by atoms with Crippen molar-refractivity contribution in [1.29, 1.82) is 0 Å². The molecule has 4 nitrogen and oxygen atoms in total. The lowest BCUT2D eigenvalue weighted by atomic mass is 9.90. The maximum atomic E-state index is 12.4. The van der Waals surface area contributed by atoms with Crippen LogP contribution in [0.2, 0.25) is 0 Å². The molecule has 0 saturated carbocycles. The number of rotatable bonds is 7. The molecule has 0 aromatic heterocycles. The molecule has 0 amide bonds. The van der Waals surface area contributed by atoms with Crippen molar-refractivity contribution in [3.8, 4) is 5.75 Å². The number of ketones is 1. The summed E-state index contributed by atoms with van der Waals surface area (Å²) in [6, 6.07) is 5.34. The predicted molar refractivity (Wildman–Crippen MR) is 81.6 cm³/mol. The monoisotopic (exact) mass is 292 g/mol. The van der Waals surface area contributed by atoms with Crippen LogP contribution in [0.3, 0.4) is 0 Å². The molecule has 4 heteroatoms. The fourth-order valence-electron chi connectivity index (χ4n) is 2.33. The second-order valence-corrected chi connectivity index (χ2v) is 5.66. The molecular weight excluding hydrogens is 268 g/mol. The van der Waals surface area contributed by atoms with E-state index in [4.69, 9.17) is 9.47 Å². The minimum atomic E-state index is -0.394. The highest BCUT2D eigenvalue weighted by atomic mass is 16.5. The van der Waals surface area contributed by atoms with Crippen LogP contribution >= 0.6 is 0 Å². The minimum Gasteiger partial charge on any atom is -0.496 e. The van der Waals surface area contributed by atoms with Gasteiger partial charge in [0.1, 0.15) is 5.75 Å². The van der Waals surface area contributed by atoms with Crippen LogP contribution in [0.15, 0.2) is 18.2 Å². The van der Waals surface area contributed by atoms with Gasteiger partial charge in [-0.25, -0.2) is 0 Å². The summed E-state index contributed by atoms with van der Waals surface area (Å²) in [4.78, 5) is 24.2. The lowest BCUT2D eigenvalue weighted by molar-refractivity contribution is -0.145. The molecule has 1 aromatic rings. The van der Waals surface area contributed by atoms with E-state index in [2.05, 4.69) is 0 Å². The summed E-state index contributed by atoms with van der Waals surface area (Å²) in [6.45, 7) is 5.97. The van der Waals surface area contributed by atoms with Gasteiger partial charge in [0.05, 0.1) is 20.1 Å². The van der Waals surface area contributed by atoms with Crippen LogP contribution < -0.4 is 4.74 Å². The zero-order valence-electron chi connectivity index (χ0n) is 13.4. The van der Waals surface area contributed by atoms with Crippen molar-refractivity contribution in [2.24, 2.45) is 11.8 Å². The highest BCUT2D eigenvalue weighted by Crippen LogP contribution is 2.23. The van der Waals surface area contributed by atoms with Gasteiger partial charge >= 0.3 is 5.97 Å². The molecular formula is C17H24O4. The third kappa shape index (κ3) is 4.88. The summed E-state index contributed by atoms with van der Waals surface area (Å²) < 4.78 is 10.0. The SMILES string of the molecule is COC(=O)C(CC(=O)c1ccc(C)c(OC)c1)CC(C)C. The van der Waals surface area contributed by atoms with Crippen LogP contribution in [0, 0.1) is 18.8 Å². The molecule has 21 heavy (non-hydrogen) atoms. The maximum Gasteiger partial charge on any atom is 0.309 e. The van der Waals surface area contributed by atoms with Crippen LogP contribution in [-0.2, 0) is 9.53 Å². The van der Waals surface area contributed by atoms with E-state index in [1.807, 2.05) is 26.8 Å². The van der Waals surface area contributed by atoms with Gasteiger partial charge in [0.25, 0.3) is 0 Å². The third-order valence-electron chi connectivity index (χ3n) is 3.45. The van der Waals surface area contributed by atoms with Gasteiger partial charge in [-0.2, -0.15) is 0 Å². The van der Waals surface area contributed by atoms with Gasteiger partial charge in [-0.3, -0.25) is 9.59 Å². The minimum absolute atomic E-state index is 0.0654. The summed E-state index contributed by atoms with van der Waals surface area (Å²) >= 11 is 0. The number of ether oxygens (including phenoxy) is 2. The van der Waals surface area contributed by atoms with Crippen molar-refractivity contribution in [3.63, 3.8) is 0 Å². The third-order valence-corrected chi connectivity index (χ3v) is 3.45. The number of Topliss-reactive ketones (excluding diaryl/α,β-unsaturated/α-hetero) is 1. The number of carbonyl (C=O) groups is 2. The van der Waals surface area contributed by atoms with Crippen LogP contribution in [0.1, 0.15) is 42.6 Å². The summed E-state index contributed by atoms with van der Waals surface area (Å²) in [6.07, 6.45) is 0.804. The van der Waals surface area contributed by atoms with E-state index in [-0.39, 0.29) is 18.2 Å². The average molecular weight is 292 g/mol. The molecule has 1 unspecified atom stereocenters. The number of benzene rings is 1. The average Bonchev–Trinajstić information content (AvgIpc) is 2.45. The second kappa shape index (κ2) is 7.81. The quantitative estimate of drug-likeness (QED) is 0.571. The van der Waals surface area contributed by atoms with Crippen molar-refractivity contribution in [2.45, 2.75) is 33.6 Å². The molecule has 0 aliphatic carbocycles. The first-order valence-electron chi connectivity index (χ1n) is 7.14. The van der Waals surface area contributed by atoms with E-state index in [1.54, 1.807) is 19.2 Å². The van der Waals surface area contributed by atoms with Gasteiger partial charge in [-0.15, -0.1) is 0 Å².